The lowest BCUT2D eigenvalue weighted by atomic mass is 9.97. The van der Waals surface area contributed by atoms with Crippen molar-refractivity contribution in [3.8, 4) is 0 Å². The van der Waals surface area contributed by atoms with Crippen LogP contribution < -0.4 is 10.6 Å². The van der Waals surface area contributed by atoms with Crippen LogP contribution in [0.3, 0.4) is 0 Å². The summed E-state index contributed by atoms with van der Waals surface area (Å²) in [5.41, 5.74) is 7.46. The summed E-state index contributed by atoms with van der Waals surface area (Å²) in [6, 6.07) is 3.95. The molecule has 0 spiro atoms. The highest BCUT2D eigenvalue weighted by Gasteiger charge is 2.37. The third-order valence-corrected chi connectivity index (χ3v) is 9.48. The average Bonchev–Trinajstić information content (AvgIpc) is 2.42. The minimum atomic E-state index is -1.87. The minimum absolute atomic E-state index is 0.110. The molecule has 1 aliphatic rings. The van der Waals surface area contributed by atoms with Crippen molar-refractivity contribution in [2.24, 2.45) is 5.73 Å². The largest absolute Gasteiger partial charge is 0.415 e. The van der Waals surface area contributed by atoms with Gasteiger partial charge in [-0.1, -0.05) is 26.8 Å². The van der Waals surface area contributed by atoms with E-state index in [1.807, 2.05) is 0 Å². The highest BCUT2D eigenvalue weighted by molar-refractivity contribution is 6.74. The van der Waals surface area contributed by atoms with Crippen LogP contribution in [0.2, 0.25) is 18.1 Å². The number of nitrogens with zero attached hydrogens (tertiary/aromatic N) is 1. The van der Waals surface area contributed by atoms with Crippen LogP contribution in [-0.2, 0) is 15.6 Å². The zero-order valence-corrected chi connectivity index (χ0v) is 15.6. The molecule has 1 atom stereocenters. The number of amides is 1. The Kier molecular flexibility index (Phi) is 4.99. The minimum Gasteiger partial charge on any atom is -0.415 e. The summed E-state index contributed by atoms with van der Waals surface area (Å²) in [4.78, 5) is 14.0. The fourth-order valence-electron chi connectivity index (χ4n) is 2.44. The van der Waals surface area contributed by atoms with Crippen molar-refractivity contribution < 1.29 is 13.6 Å². The van der Waals surface area contributed by atoms with E-state index in [0.29, 0.717) is 25.3 Å². The van der Waals surface area contributed by atoms with Crippen LogP contribution >= 0.6 is 0 Å². The van der Waals surface area contributed by atoms with E-state index in [1.54, 1.807) is 11.0 Å². The molecular weight excluding hydrogens is 311 g/mol. The molecule has 4 nitrogen and oxygen atoms in total. The van der Waals surface area contributed by atoms with Gasteiger partial charge in [0, 0.05) is 12.2 Å². The number of hydrogen-bond acceptors (Lipinski definition) is 3. The highest BCUT2D eigenvalue weighted by Crippen LogP contribution is 2.36. The molecule has 1 aliphatic heterocycles. The molecule has 2 N–H and O–H groups in total. The number of halogens is 1. The van der Waals surface area contributed by atoms with Crippen LogP contribution in [0, 0.1) is 5.82 Å². The zero-order valence-electron chi connectivity index (χ0n) is 14.6. The van der Waals surface area contributed by atoms with Gasteiger partial charge >= 0.3 is 0 Å². The molecule has 1 heterocycles. The highest BCUT2D eigenvalue weighted by atomic mass is 28.4. The van der Waals surface area contributed by atoms with Gasteiger partial charge in [0.05, 0.1) is 12.6 Å². The Morgan fingerprint density at radius 3 is 2.65 bits per heavy atom. The van der Waals surface area contributed by atoms with Gasteiger partial charge in [-0.2, -0.15) is 0 Å². The lowest BCUT2D eigenvalue weighted by Gasteiger charge is -2.38. The van der Waals surface area contributed by atoms with E-state index in [0.717, 1.165) is 5.56 Å². The van der Waals surface area contributed by atoms with E-state index in [4.69, 9.17) is 10.2 Å². The van der Waals surface area contributed by atoms with E-state index in [-0.39, 0.29) is 16.8 Å². The Bertz CT molecular complexity index is 599. The lowest BCUT2D eigenvalue weighted by Crippen LogP contribution is -2.51. The monoisotopic (exact) mass is 338 g/mol. The van der Waals surface area contributed by atoms with Gasteiger partial charge in [0.15, 0.2) is 8.32 Å². The van der Waals surface area contributed by atoms with Gasteiger partial charge in [0.2, 0.25) is 5.91 Å². The van der Waals surface area contributed by atoms with Gasteiger partial charge in [0.1, 0.15) is 5.82 Å². The molecule has 23 heavy (non-hydrogen) atoms. The first-order valence-electron chi connectivity index (χ1n) is 8.02. The predicted molar refractivity (Wildman–Crippen MR) is 93.6 cm³/mol. The van der Waals surface area contributed by atoms with Crippen molar-refractivity contribution >= 4 is 19.9 Å². The first-order chi connectivity index (χ1) is 10.5. The topological polar surface area (TPSA) is 55.6 Å². The Balaban J connectivity index is 2.13. The average molecular weight is 338 g/mol. The van der Waals surface area contributed by atoms with E-state index in [9.17, 15) is 9.18 Å². The van der Waals surface area contributed by atoms with E-state index < -0.39 is 14.4 Å². The summed E-state index contributed by atoms with van der Waals surface area (Å²) in [5.74, 6) is -0.510. The van der Waals surface area contributed by atoms with E-state index in [1.165, 1.54) is 12.1 Å². The molecule has 1 amide bonds. The molecule has 0 radical (unpaired) electrons. The summed E-state index contributed by atoms with van der Waals surface area (Å²) >= 11 is 0. The van der Waals surface area contributed by atoms with Gasteiger partial charge in [-0.25, -0.2) is 4.39 Å². The summed E-state index contributed by atoms with van der Waals surface area (Å²) in [6.07, 6.45) is 0.452. The number of benzene rings is 1. The fraction of sp³-hybridized carbons (Fsp3) is 0.588. The second kappa shape index (κ2) is 6.34. The third-order valence-electron chi connectivity index (χ3n) is 4.95. The van der Waals surface area contributed by atoms with E-state index >= 15 is 0 Å². The molecule has 2 rings (SSSR count). The standard InChI is InChI=1S/C17H27FN2O2Si/c1-17(2,3)23(4,5)22-9-8-20-15-11-13(18)7-6-12(15)10-14(19)16(20)21/h6-7,11,14H,8-10,19H2,1-5H3/t14-/m0/s1. The van der Waals surface area contributed by atoms with Crippen LogP contribution in [0.5, 0.6) is 0 Å². The van der Waals surface area contributed by atoms with Crippen LogP contribution in [0.4, 0.5) is 10.1 Å². The molecule has 0 unspecified atom stereocenters. The molecule has 0 bridgehead atoms. The van der Waals surface area contributed by atoms with Crippen molar-refractivity contribution in [3.05, 3.63) is 29.6 Å². The number of carbonyl (C=O) groups is 1. The number of anilines is 1. The molecular formula is C17H27FN2O2Si. The second-order valence-electron chi connectivity index (χ2n) is 7.68. The maximum absolute atomic E-state index is 13.6. The van der Waals surface area contributed by atoms with Gasteiger partial charge in [-0.15, -0.1) is 0 Å². The molecule has 0 saturated heterocycles. The Morgan fingerprint density at radius 2 is 2.04 bits per heavy atom. The first kappa shape index (κ1) is 18.1. The van der Waals surface area contributed by atoms with Crippen LogP contribution in [-0.4, -0.2) is 33.4 Å². The fourth-order valence-corrected chi connectivity index (χ4v) is 3.48. The quantitative estimate of drug-likeness (QED) is 0.859. The maximum Gasteiger partial charge on any atom is 0.244 e. The molecule has 1 aromatic rings. The molecule has 0 aliphatic carbocycles. The maximum atomic E-state index is 13.6. The lowest BCUT2D eigenvalue weighted by molar-refractivity contribution is -0.120. The number of carbonyl (C=O) groups excluding carboxylic acids is 1. The third kappa shape index (κ3) is 3.81. The smallest absolute Gasteiger partial charge is 0.244 e. The Hall–Kier alpha value is -1.24. The molecule has 128 valence electrons. The SMILES string of the molecule is CC(C)(C)[Si](C)(C)OCCN1C(=O)[C@@H](N)Cc2ccc(F)cc21. The van der Waals surface area contributed by atoms with Crippen molar-refractivity contribution in [2.45, 2.75) is 51.4 Å². The van der Waals surface area contributed by atoms with Crippen molar-refractivity contribution in [1.29, 1.82) is 0 Å². The van der Waals surface area contributed by atoms with Crippen molar-refractivity contribution in [1.82, 2.24) is 0 Å². The zero-order chi connectivity index (χ0) is 17.4. The molecule has 1 aromatic carbocycles. The predicted octanol–water partition coefficient (Wildman–Crippen LogP) is 3.06. The van der Waals surface area contributed by atoms with Crippen molar-refractivity contribution in [2.75, 3.05) is 18.1 Å². The van der Waals surface area contributed by atoms with Crippen LogP contribution in [0.25, 0.3) is 0 Å². The summed E-state index contributed by atoms with van der Waals surface area (Å²) in [7, 11) is -1.87. The van der Waals surface area contributed by atoms with Gasteiger partial charge in [0.25, 0.3) is 0 Å². The summed E-state index contributed by atoms with van der Waals surface area (Å²) < 4.78 is 19.7. The summed E-state index contributed by atoms with van der Waals surface area (Å²) in [6.45, 7) is 11.7. The first-order valence-corrected chi connectivity index (χ1v) is 10.9. The van der Waals surface area contributed by atoms with Crippen LogP contribution in [0.15, 0.2) is 18.2 Å². The van der Waals surface area contributed by atoms with E-state index in [2.05, 4.69) is 33.9 Å². The normalized spacial score (nSPS) is 19.0. The Morgan fingerprint density at radius 1 is 1.39 bits per heavy atom. The number of fused-ring (bicyclic) bond motifs is 1. The van der Waals surface area contributed by atoms with Gasteiger partial charge in [-0.3, -0.25) is 4.79 Å². The number of hydrogen-bond donors (Lipinski definition) is 1. The van der Waals surface area contributed by atoms with Gasteiger partial charge in [-0.05, 0) is 42.2 Å². The van der Waals surface area contributed by atoms with Gasteiger partial charge < -0.3 is 15.1 Å². The Labute approximate surface area is 138 Å². The van der Waals surface area contributed by atoms with Crippen LogP contribution in [0.1, 0.15) is 26.3 Å². The molecule has 0 aromatic heterocycles. The molecule has 0 saturated carbocycles. The molecule has 0 fully saturated rings. The summed E-state index contributed by atoms with van der Waals surface area (Å²) in [5, 5.41) is 0.110. The second-order valence-corrected chi connectivity index (χ2v) is 12.5. The van der Waals surface area contributed by atoms with Crippen molar-refractivity contribution in [3.63, 3.8) is 0 Å². The number of nitrogens with two attached hydrogens (primary N) is 1. The molecule has 6 heteroatoms. The number of rotatable bonds is 4.